The molecule has 0 heterocycles. The standard InChI is InChI=1S/C15H16ClFNO3P/c1-20-22(19,21-2)15(18-11-7-4-3-5-8-11)14-12(16)9-6-10-13(14)17/h3-10,15,18H,1-2H3. The Morgan fingerprint density at radius 3 is 2.27 bits per heavy atom. The van der Waals surface area contributed by atoms with Crippen molar-refractivity contribution >= 4 is 24.9 Å². The maximum absolute atomic E-state index is 14.2. The molecule has 0 radical (unpaired) electrons. The van der Waals surface area contributed by atoms with Gasteiger partial charge in [-0.15, -0.1) is 0 Å². The minimum absolute atomic E-state index is 0.0417. The first-order chi connectivity index (χ1) is 10.5. The minimum Gasteiger partial charge on any atom is -0.368 e. The fraction of sp³-hybridized carbons (Fsp3) is 0.200. The Morgan fingerprint density at radius 2 is 1.73 bits per heavy atom. The number of nitrogens with one attached hydrogen (secondary N) is 1. The number of hydrogen-bond donors (Lipinski definition) is 1. The Morgan fingerprint density at radius 1 is 1.09 bits per heavy atom. The van der Waals surface area contributed by atoms with Gasteiger partial charge < -0.3 is 14.4 Å². The lowest BCUT2D eigenvalue weighted by Crippen LogP contribution is -2.15. The van der Waals surface area contributed by atoms with Crippen molar-refractivity contribution in [2.24, 2.45) is 0 Å². The van der Waals surface area contributed by atoms with Crippen LogP contribution < -0.4 is 5.32 Å². The van der Waals surface area contributed by atoms with Crippen molar-refractivity contribution in [1.29, 1.82) is 0 Å². The third kappa shape index (κ3) is 3.50. The number of hydrogen-bond acceptors (Lipinski definition) is 4. The maximum Gasteiger partial charge on any atom is 0.356 e. The van der Waals surface area contributed by atoms with Gasteiger partial charge in [0.15, 0.2) is 5.78 Å². The lowest BCUT2D eigenvalue weighted by atomic mass is 10.2. The molecule has 2 aromatic rings. The molecule has 0 spiro atoms. The summed E-state index contributed by atoms with van der Waals surface area (Å²) in [6, 6.07) is 13.2. The third-order valence-electron chi connectivity index (χ3n) is 3.18. The van der Waals surface area contributed by atoms with Crippen molar-refractivity contribution in [3.8, 4) is 0 Å². The zero-order valence-corrected chi connectivity index (χ0v) is 13.8. The predicted molar refractivity (Wildman–Crippen MR) is 85.8 cm³/mol. The molecule has 0 aliphatic heterocycles. The summed E-state index contributed by atoms with van der Waals surface area (Å²) in [6.45, 7) is 0. The van der Waals surface area contributed by atoms with Gasteiger partial charge in [-0.1, -0.05) is 35.9 Å². The van der Waals surface area contributed by atoms with Crippen molar-refractivity contribution < 1.29 is 18.0 Å². The van der Waals surface area contributed by atoms with Crippen LogP contribution >= 0.6 is 19.2 Å². The molecule has 0 bridgehead atoms. The van der Waals surface area contributed by atoms with Crippen LogP contribution in [-0.4, -0.2) is 14.2 Å². The molecule has 1 unspecified atom stereocenters. The molecular formula is C15H16ClFNO3P. The van der Waals surface area contributed by atoms with Gasteiger partial charge in [-0.05, 0) is 24.3 Å². The predicted octanol–water partition coefficient (Wildman–Crippen LogP) is 5.08. The smallest absolute Gasteiger partial charge is 0.356 e. The highest BCUT2D eigenvalue weighted by molar-refractivity contribution is 7.54. The number of anilines is 1. The molecule has 4 nitrogen and oxygen atoms in total. The minimum atomic E-state index is -3.67. The van der Waals surface area contributed by atoms with E-state index in [4.69, 9.17) is 20.6 Å². The fourth-order valence-electron chi connectivity index (χ4n) is 2.06. The van der Waals surface area contributed by atoms with E-state index in [1.54, 1.807) is 24.3 Å². The summed E-state index contributed by atoms with van der Waals surface area (Å²) in [5, 5.41) is 3.12. The molecule has 22 heavy (non-hydrogen) atoms. The van der Waals surface area contributed by atoms with Crippen LogP contribution in [0.4, 0.5) is 10.1 Å². The summed E-state index contributed by atoms with van der Waals surface area (Å²) in [6.07, 6.45) is 0. The van der Waals surface area contributed by atoms with Gasteiger partial charge >= 0.3 is 7.60 Å². The molecule has 1 N–H and O–H groups in total. The summed E-state index contributed by atoms with van der Waals surface area (Å²) in [4.78, 5) is 0. The van der Waals surface area contributed by atoms with E-state index < -0.39 is 19.2 Å². The average Bonchev–Trinajstić information content (AvgIpc) is 2.54. The van der Waals surface area contributed by atoms with E-state index in [-0.39, 0.29) is 10.6 Å². The average molecular weight is 344 g/mol. The van der Waals surface area contributed by atoms with Crippen LogP contribution in [0.1, 0.15) is 11.3 Å². The van der Waals surface area contributed by atoms with E-state index in [0.29, 0.717) is 5.69 Å². The molecular weight excluding hydrogens is 328 g/mol. The van der Waals surface area contributed by atoms with Crippen LogP contribution in [0.3, 0.4) is 0 Å². The number of para-hydroxylation sites is 1. The first-order valence-corrected chi connectivity index (χ1v) is 8.47. The normalized spacial score (nSPS) is 12.9. The van der Waals surface area contributed by atoms with Gasteiger partial charge in [0.05, 0.1) is 0 Å². The van der Waals surface area contributed by atoms with Crippen LogP contribution in [-0.2, 0) is 13.6 Å². The fourth-order valence-corrected chi connectivity index (χ4v) is 3.86. The molecule has 2 aromatic carbocycles. The molecule has 1 atom stereocenters. The molecule has 7 heteroatoms. The Kier molecular flexibility index (Phi) is 5.59. The van der Waals surface area contributed by atoms with Crippen LogP contribution in [0.25, 0.3) is 0 Å². The van der Waals surface area contributed by atoms with Gasteiger partial charge in [0.1, 0.15) is 5.82 Å². The first kappa shape index (κ1) is 17.0. The van der Waals surface area contributed by atoms with Crippen molar-refractivity contribution in [2.45, 2.75) is 5.78 Å². The molecule has 0 aliphatic rings. The van der Waals surface area contributed by atoms with Crippen LogP contribution in [0.15, 0.2) is 48.5 Å². The zero-order valence-electron chi connectivity index (χ0n) is 12.1. The molecule has 0 saturated carbocycles. The number of rotatable bonds is 6. The number of halogens is 2. The molecule has 0 saturated heterocycles. The Balaban J connectivity index is 2.53. The van der Waals surface area contributed by atoms with E-state index >= 15 is 0 Å². The van der Waals surface area contributed by atoms with E-state index in [0.717, 1.165) is 0 Å². The Labute approximate surface area is 133 Å². The third-order valence-corrected chi connectivity index (χ3v) is 5.54. The van der Waals surface area contributed by atoms with Gasteiger partial charge in [0, 0.05) is 30.5 Å². The second-order valence-corrected chi connectivity index (χ2v) is 7.19. The van der Waals surface area contributed by atoms with E-state index in [1.807, 2.05) is 6.07 Å². The van der Waals surface area contributed by atoms with Crippen LogP contribution in [0.2, 0.25) is 5.02 Å². The molecule has 0 fully saturated rings. The Bertz CT molecular complexity index is 655. The summed E-state index contributed by atoms with van der Waals surface area (Å²) in [5.41, 5.74) is 0.682. The lowest BCUT2D eigenvalue weighted by Gasteiger charge is -2.27. The molecule has 0 aliphatic carbocycles. The van der Waals surface area contributed by atoms with Crippen molar-refractivity contribution in [3.05, 3.63) is 64.9 Å². The topological polar surface area (TPSA) is 47.6 Å². The van der Waals surface area contributed by atoms with E-state index in [2.05, 4.69) is 5.32 Å². The lowest BCUT2D eigenvalue weighted by molar-refractivity contribution is 0.268. The van der Waals surface area contributed by atoms with Gasteiger partial charge in [0.2, 0.25) is 0 Å². The van der Waals surface area contributed by atoms with Crippen molar-refractivity contribution in [2.75, 3.05) is 19.5 Å². The van der Waals surface area contributed by atoms with Gasteiger partial charge in [0.25, 0.3) is 0 Å². The highest BCUT2D eigenvalue weighted by Gasteiger charge is 2.38. The van der Waals surface area contributed by atoms with E-state index in [1.165, 1.54) is 32.4 Å². The molecule has 2 rings (SSSR count). The summed E-state index contributed by atoms with van der Waals surface area (Å²) in [7, 11) is -1.17. The summed E-state index contributed by atoms with van der Waals surface area (Å²) < 4.78 is 37.1. The highest BCUT2D eigenvalue weighted by Crippen LogP contribution is 2.61. The second kappa shape index (κ2) is 7.25. The summed E-state index contributed by atoms with van der Waals surface area (Å²) in [5.74, 6) is -1.66. The van der Waals surface area contributed by atoms with Gasteiger partial charge in [-0.2, -0.15) is 0 Å². The number of benzene rings is 2. The molecule has 0 aromatic heterocycles. The Hall–Kier alpha value is -1.39. The molecule has 0 amide bonds. The van der Waals surface area contributed by atoms with Crippen LogP contribution in [0.5, 0.6) is 0 Å². The van der Waals surface area contributed by atoms with Crippen molar-refractivity contribution in [1.82, 2.24) is 0 Å². The molecule has 118 valence electrons. The SMILES string of the molecule is COP(=O)(OC)C(Nc1ccccc1)c1c(F)cccc1Cl. The first-order valence-electron chi connectivity index (χ1n) is 6.48. The quantitative estimate of drug-likeness (QED) is 0.743. The van der Waals surface area contributed by atoms with E-state index in [9.17, 15) is 8.96 Å². The maximum atomic E-state index is 14.2. The van der Waals surface area contributed by atoms with Crippen molar-refractivity contribution in [3.63, 3.8) is 0 Å². The highest BCUT2D eigenvalue weighted by atomic mass is 35.5. The monoisotopic (exact) mass is 343 g/mol. The largest absolute Gasteiger partial charge is 0.368 e. The second-order valence-electron chi connectivity index (χ2n) is 4.45. The van der Waals surface area contributed by atoms with Crippen LogP contribution in [0, 0.1) is 5.82 Å². The zero-order chi connectivity index (χ0) is 16.2. The van der Waals surface area contributed by atoms with Gasteiger partial charge in [-0.3, -0.25) is 4.57 Å². The summed E-state index contributed by atoms with van der Waals surface area (Å²) >= 11 is 6.10. The van der Waals surface area contributed by atoms with Gasteiger partial charge in [-0.25, -0.2) is 4.39 Å².